The van der Waals surface area contributed by atoms with Gasteiger partial charge in [-0.3, -0.25) is 9.59 Å². The second kappa shape index (κ2) is 8.09. The lowest BCUT2D eigenvalue weighted by atomic mass is 9.88. The Morgan fingerprint density at radius 2 is 1.83 bits per heavy atom. The van der Waals surface area contributed by atoms with Gasteiger partial charge in [0.2, 0.25) is 5.91 Å². The molecular formula is C17H24BrN3O3. The van der Waals surface area contributed by atoms with E-state index in [1.54, 1.807) is 0 Å². The van der Waals surface area contributed by atoms with E-state index in [-0.39, 0.29) is 23.2 Å². The van der Waals surface area contributed by atoms with Gasteiger partial charge in [-0.25, -0.2) is 10.9 Å². The van der Waals surface area contributed by atoms with E-state index in [1.165, 1.54) is 0 Å². The first kappa shape index (κ1) is 18.9. The Bertz CT molecular complexity index is 578. The predicted molar refractivity (Wildman–Crippen MR) is 95.7 cm³/mol. The molecule has 24 heavy (non-hydrogen) atoms. The van der Waals surface area contributed by atoms with Crippen molar-refractivity contribution < 1.29 is 14.7 Å². The van der Waals surface area contributed by atoms with Crippen molar-refractivity contribution in [3.05, 3.63) is 35.9 Å². The summed E-state index contributed by atoms with van der Waals surface area (Å²) in [5.41, 5.74) is 6.52. The van der Waals surface area contributed by atoms with Crippen molar-refractivity contribution in [2.45, 2.75) is 55.6 Å². The third kappa shape index (κ3) is 4.15. The zero-order valence-corrected chi connectivity index (χ0v) is 15.5. The van der Waals surface area contributed by atoms with Crippen LogP contribution in [0.4, 0.5) is 0 Å². The van der Waals surface area contributed by atoms with Crippen LogP contribution in [0, 0.1) is 0 Å². The summed E-state index contributed by atoms with van der Waals surface area (Å²) in [6.45, 7) is 3.79. The molecule has 1 aliphatic rings. The summed E-state index contributed by atoms with van der Waals surface area (Å²) in [6, 6.07) is 9.33. The van der Waals surface area contributed by atoms with Crippen molar-refractivity contribution >= 4 is 27.8 Å². The Kier molecular flexibility index (Phi) is 6.37. The number of hydrogen-bond donors (Lipinski definition) is 4. The Morgan fingerprint density at radius 3 is 2.38 bits per heavy atom. The molecule has 1 fully saturated rings. The van der Waals surface area contributed by atoms with Gasteiger partial charge in [0.15, 0.2) is 0 Å². The number of carbonyl (C=O) groups is 2. The molecule has 1 aromatic carbocycles. The number of carboxylic acids is 1. The fourth-order valence-electron chi connectivity index (χ4n) is 3.02. The number of amides is 1. The lowest BCUT2D eigenvalue weighted by Crippen LogP contribution is -2.56. The van der Waals surface area contributed by atoms with E-state index in [0.717, 1.165) is 5.56 Å². The van der Waals surface area contributed by atoms with Crippen molar-refractivity contribution in [1.29, 1.82) is 0 Å². The molecule has 0 radical (unpaired) electrons. The summed E-state index contributed by atoms with van der Waals surface area (Å²) in [7, 11) is 0. The molecule has 1 saturated heterocycles. The van der Waals surface area contributed by atoms with Gasteiger partial charge in [-0.05, 0) is 18.4 Å². The summed E-state index contributed by atoms with van der Waals surface area (Å²) in [5.74, 6) is -1.11. The highest BCUT2D eigenvalue weighted by molar-refractivity contribution is 9.09. The van der Waals surface area contributed by atoms with Gasteiger partial charge in [0.25, 0.3) is 0 Å². The van der Waals surface area contributed by atoms with Crippen LogP contribution in [-0.4, -0.2) is 33.4 Å². The zero-order chi connectivity index (χ0) is 17.7. The highest BCUT2D eigenvalue weighted by Gasteiger charge is 2.41. The molecule has 0 aromatic heterocycles. The molecule has 0 aliphatic carbocycles. The monoisotopic (exact) mass is 397 g/mol. The Morgan fingerprint density at radius 1 is 1.21 bits per heavy atom. The van der Waals surface area contributed by atoms with Crippen LogP contribution in [0.3, 0.4) is 0 Å². The molecule has 132 valence electrons. The standard InChI is InChI=1S/C17H24BrN3O3/c1-3-17(4-2,10-12(22)23)19-16(24)15-13(18)14(20-21-15)11-8-6-5-7-9-11/h5-9,13-15,20-21H,3-4,10H2,1-2H3,(H,19,24)(H,22,23). The number of halogens is 1. The van der Waals surface area contributed by atoms with Gasteiger partial charge in [0, 0.05) is 0 Å². The Labute approximate surface area is 150 Å². The lowest BCUT2D eigenvalue weighted by molar-refractivity contribution is -0.139. The molecule has 1 amide bonds. The number of carboxylic acid groups (broad SMARTS) is 1. The summed E-state index contributed by atoms with van der Waals surface area (Å²) in [4.78, 5) is 23.7. The molecule has 4 N–H and O–H groups in total. The van der Waals surface area contributed by atoms with Gasteiger partial charge < -0.3 is 10.4 Å². The maximum atomic E-state index is 12.7. The molecule has 6 nitrogen and oxygen atoms in total. The van der Waals surface area contributed by atoms with E-state index >= 15 is 0 Å². The van der Waals surface area contributed by atoms with Crippen LogP contribution in [0.1, 0.15) is 44.7 Å². The quantitative estimate of drug-likeness (QED) is 0.529. The number of nitrogens with one attached hydrogen (secondary N) is 3. The first-order valence-electron chi connectivity index (χ1n) is 8.16. The minimum atomic E-state index is -0.908. The largest absolute Gasteiger partial charge is 0.481 e. The molecule has 3 atom stereocenters. The van der Waals surface area contributed by atoms with Gasteiger partial charge in [0.1, 0.15) is 6.04 Å². The molecule has 0 bridgehead atoms. The second-order valence-corrected chi connectivity index (χ2v) is 7.20. The van der Waals surface area contributed by atoms with E-state index in [1.807, 2.05) is 44.2 Å². The Balaban J connectivity index is 2.08. The van der Waals surface area contributed by atoms with Gasteiger partial charge >= 0.3 is 5.97 Å². The van der Waals surface area contributed by atoms with E-state index in [4.69, 9.17) is 5.11 Å². The molecular weight excluding hydrogens is 374 g/mol. The number of rotatable bonds is 7. The molecule has 1 aromatic rings. The highest BCUT2D eigenvalue weighted by Crippen LogP contribution is 2.29. The second-order valence-electron chi connectivity index (χ2n) is 6.15. The van der Waals surface area contributed by atoms with Crippen LogP contribution < -0.4 is 16.2 Å². The summed E-state index contributed by atoms with van der Waals surface area (Å²) >= 11 is 3.61. The van der Waals surface area contributed by atoms with E-state index in [9.17, 15) is 9.59 Å². The van der Waals surface area contributed by atoms with E-state index in [0.29, 0.717) is 12.8 Å². The van der Waals surface area contributed by atoms with Crippen LogP contribution >= 0.6 is 15.9 Å². The van der Waals surface area contributed by atoms with Gasteiger partial charge in [0.05, 0.1) is 22.8 Å². The third-order valence-electron chi connectivity index (χ3n) is 4.70. The molecule has 0 spiro atoms. The van der Waals surface area contributed by atoms with Crippen molar-refractivity contribution in [2.24, 2.45) is 0 Å². The molecule has 1 aliphatic heterocycles. The van der Waals surface area contributed by atoms with Crippen LogP contribution in [0.5, 0.6) is 0 Å². The molecule has 7 heteroatoms. The number of alkyl halides is 1. The maximum absolute atomic E-state index is 12.7. The summed E-state index contributed by atoms with van der Waals surface area (Å²) in [5, 5.41) is 12.1. The topological polar surface area (TPSA) is 90.5 Å². The number of aliphatic carboxylic acids is 1. The van der Waals surface area contributed by atoms with Crippen LogP contribution in [0.2, 0.25) is 0 Å². The van der Waals surface area contributed by atoms with Crippen molar-refractivity contribution in [3.63, 3.8) is 0 Å². The van der Waals surface area contributed by atoms with Crippen LogP contribution in [0.25, 0.3) is 0 Å². The Hall–Kier alpha value is -1.44. The fraction of sp³-hybridized carbons (Fsp3) is 0.529. The van der Waals surface area contributed by atoms with E-state index < -0.39 is 17.6 Å². The predicted octanol–water partition coefficient (Wildman–Crippen LogP) is 2.12. The van der Waals surface area contributed by atoms with Crippen molar-refractivity contribution in [1.82, 2.24) is 16.2 Å². The van der Waals surface area contributed by atoms with Crippen LogP contribution in [-0.2, 0) is 9.59 Å². The lowest BCUT2D eigenvalue weighted by Gasteiger charge is -2.33. The first-order valence-corrected chi connectivity index (χ1v) is 9.08. The zero-order valence-electron chi connectivity index (χ0n) is 13.9. The SMILES string of the molecule is CCC(CC)(CC(=O)O)NC(=O)C1NNC(c2ccccc2)C1Br. The number of hydrogen-bond acceptors (Lipinski definition) is 4. The summed E-state index contributed by atoms with van der Waals surface area (Å²) in [6.07, 6.45) is 1.05. The minimum absolute atomic E-state index is 0.0425. The molecule has 2 rings (SSSR count). The number of hydrazine groups is 1. The smallest absolute Gasteiger partial charge is 0.305 e. The van der Waals surface area contributed by atoms with Crippen molar-refractivity contribution in [3.8, 4) is 0 Å². The summed E-state index contributed by atoms with van der Waals surface area (Å²) < 4.78 is 0. The van der Waals surface area contributed by atoms with E-state index in [2.05, 4.69) is 32.1 Å². The molecule has 0 saturated carbocycles. The molecule has 3 unspecified atom stereocenters. The molecule has 1 heterocycles. The third-order valence-corrected chi connectivity index (χ3v) is 5.76. The number of benzene rings is 1. The van der Waals surface area contributed by atoms with Gasteiger partial charge in [-0.2, -0.15) is 0 Å². The maximum Gasteiger partial charge on any atom is 0.305 e. The average molecular weight is 398 g/mol. The average Bonchev–Trinajstić information content (AvgIpc) is 2.96. The highest BCUT2D eigenvalue weighted by atomic mass is 79.9. The fourth-order valence-corrected chi connectivity index (χ4v) is 3.83. The van der Waals surface area contributed by atoms with Crippen molar-refractivity contribution in [2.75, 3.05) is 0 Å². The normalized spacial score (nSPS) is 23.9. The van der Waals surface area contributed by atoms with Crippen LogP contribution in [0.15, 0.2) is 30.3 Å². The van der Waals surface area contributed by atoms with Gasteiger partial charge in [-0.15, -0.1) is 0 Å². The number of carbonyl (C=O) groups excluding carboxylic acids is 1. The minimum Gasteiger partial charge on any atom is -0.481 e. The first-order chi connectivity index (χ1) is 11.4. The van der Waals surface area contributed by atoms with Gasteiger partial charge in [-0.1, -0.05) is 60.1 Å².